The molecule has 0 spiro atoms. The lowest BCUT2D eigenvalue weighted by Crippen LogP contribution is -2.61. The van der Waals surface area contributed by atoms with Crippen molar-refractivity contribution < 1.29 is 27.8 Å². The Hall–Kier alpha value is -2.09. The molecule has 0 aromatic heterocycles. The normalized spacial score (nSPS) is 24.9. The van der Waals surface area contributed by atoms with Crippen LogP contribution in [0.5, 0.6) is 5.75 Å². The number of hydrogen-bond donors (Lipinski definition) is 1. The average Bonchev–Trinajstić information content (AvgIpc) is 2.79. The molecule has 0 radical (unpaired) electrons. The topological polar surface area (TPSA) is 62.1 Å². The fourth-order valence-electron chi connectivity index (χ4n) is 4.09. The SMILES string of the molecule is Cc1ccc(C(C)C)c(OCC(=O)N2N=C3CCCCC[C@H]3[C@@]2(O)C(F)(F)F)c1. The number of fused-ring (bicyclic) bond motifs is 1. The van der Waals surface area contributed by atoms with Crippen LogP contribution in [-0.4, -0.2) is 40.2 Å². The summed E-state index contributed by atoms with van der Waals surface area (Å²) in [5.74, 6) is -1.67. The summed E-state index contributed by atoms with van der Waals surface area (Å²) in [5, 5.41) is 14.8. The summed E-state index contributed by atoms with van der Waals surface area (Å²) in [4.78, 5) is 12.7. The highest BCUT2D eigenvalue weighted by Crippen LogP contribution is 2.47. The Labute approximate surface area is 168 Å². The summed E-state index contributed by atoms with van der Waals surface area (Å²) in [6, 6.07) is 5.53. The van der Waals surface area contributed by atoms with E-state index >= 15 is 0 Å². The van der Waals surface area contributed by atoms with E-state index in [0.29, 0.717) is 25.0 Å². The van der Waals surface area contributed by atoms with Gasteiger partial charge in [-0.25, -0.2) is 0 Å². The Kier molecular flexibility index (Phi) is 5.94. The van der Waals surface area contributed by atoms with E-state index < -0.39 is 30.3 Å². The van der Waals surface area contributed by atoms with E-state index in [1.54, 1.807) is 6.07 Å². The molecule has 1 aromatic carbocycles. The maximum absolute atomic E-state index is 13.9. The van der Waals surface area contributed by atoms with E-state index in [0.717, 1.165) is 17.5 Å². The van der Waals surface area contributed by atoms with Crippen molar-refractivity contribution in [2.75, 3.05) is 6.61 Å². The number of amides is 1. The number of alkyl halides is 3. The van der Waals surface area contributed by atoms with Crippen LogP contribution in [0.15, 0.2) is 23.3 Å². The van der Waals surface area contributed by atoms with E-state index in [-0.39, 0.29) is 23.1 Å². The molecular formula is C21H27F3N2O3. The van der Waals surface area contributed by atoms with Crippen molar-refractivity contribution >= 4 is 11.6 Å². The third-order valence-electron chi connectivity index (χ3n) is 5.66. The van der Waals surface area contributed by atoms with E-state index in [9.17, 15) is 23.1 Å². The molecule has 160 valence electrons. The second kappa shape index (κ2) is 7.97. The number of hydrogen-bond acceptors (Lipinski definition) is 4. The number of ether oxygens (including phenoxy) is 1. The van der Waals surface area contributed by atoms with Crippen molar-refractivity contribution in [3.05, 3.63) is 29.3 Å². The average molecular weight is 412 g/mol. The number of aryl methyl sites for hydroxylation is 1. The fraction of sp³-hybridized carbons (Fsp3) is 0.619. The van der Waals surface area contributed by atoms with Crippen molar-refractivity contribution in [2.45, 2.75) is 70.7 Å². The molecule has 1 amide bonds. The van der Waals surface area contributed by atoms with Gasteiger partial charge >= 0.3 is 6.18 Å². The summed E-state index contributed by atoms with van der Waals surface area (Å²) >= 11 is 0. The number of rotatable bonds is 4. The standard InChI is InChI=1S/C21H27F3N2O3/c1-13(2)15-10-9-14(3)11-18(15)29-12-19(27)26-20(28,21(22,23)24)16-7-5-4-6-8-17(16)25-26/h9-11,13,16,28H,4-8,12H2,1-3H3/t16-,20-/m1/s1. The number of nitrogens with zero attached hydrogens (tertiary/aromatic N) is 2. The van der Waals surface area contributed by atoms with Crippen LogP contribution in [0.1, 0.15) is 63.0 Å². The van der Waals surface area contributed by atoms with Crippen LogP contribution in [-0.2, 0) is 4.79 Å². The molecular weight excluding hydrogens is 385 g/mol. The van der Waals surface area contributed by atoms with Gasteiger partial charge in [0.05, 0.1) is 5.92 Å². The van der Waals surface area contributed by atoms with Crippen molar-refractivity contribution in [3.63, 3.8) is 0 Å². The van der Waals surface area contributed by atoms with Crippen LogP contribution in [0.3, 0.4) is 0 Å². The summed E-state index contributed by atoms with van der Waals surface area (Å²) in [5.41, 5.74) is -1.31. The molecule has 1 N–H and O–H groups in total. The minimum Gasteiger partial charge on any atom is -0.483 e. The van der Waals surface area contributed by atoms with Gasteiger partial charge in [0.2, 0.25) is 0 Å². The summed E-state index contributed by atoms with van der Waals surface area (Å²) in [6.07, 6.45) is -2.48. The minimum absolute atomic E-state index is 0.117. The molecule has 1 aromatic rings. The molecule has 0 unspecified atom stereocenters. The molecule has 29 heavy (non-hydrogen) atoms. The first-order valence-corrected chi connectivity index (χ1v) is 9.98. The number of hydrazone groups is 1. The first-order chi connectivity index (χ1) is 13.6. The van der Waals surface area contributed by atoms with Crippen molar-refractivity contribution in [3.8, 4) is 5.75 Å². The van der Waals surface area contributed by atoms with Crippen LogP contribution >= 0.6 is 0 Å². The van der Waals surface area contributed by atoms with E-state index in [4.69, 9.17) is 4.74 Å². The highest BCUT2D eigenvalue weighted by molar-refractivity contribution is 5.93. The van der Waals surface area contributed by atoms with E-state index in [1.165, 1.54) is 0 Å². The van der Waals surface area contributed by atoms with Gasteiger partial charge in [-0.1, -0.05) is 38.8 Å². The number of benzene rings is 1. The van der Waals surface area contributed by atoms with Gasteiger partial charge in [-0.2, -0.15) is 23.3 Å². The van der Waals surface area contributed by atoms with Gasteiger partial charge in [-0.15, -0.1) is 0 Å². The lowest BCUT2D eigenvalue weighted by molar-refractivity contribution is -0.317. The number of aliphatic hydroxyl groups is 1. The number of halogens is 3. The van der Waals surface area contributed by atoms with Crippen molar-refractivity contribution in [1.82, 2.24) is 5.01 Å². The Morgan fingerprint density at radius 1 is 1.34 bits per heavy atom. The van der Waals surface area contributed by atoms with Gasteiger partial charge in [-0.05, 0) is 49.3 Å². The maximum Gasteiger partial charge on any atom is 0.439 e. The van der Waals surface area contributed by atoms with Crippen molar-refractivity contribution in [2.24, 2.45) is 11.0 Å². The third-order valence-corrected chi connectivity index (χ3v) is 5.66. The Balaban J connectivity index is 1.85. The molecule has 1 saturated carbocycles. The zero-order valence-corrected chi connectivity index (χ0v) is 16.9. The molecule has 0 bridgehead atoms. The smallest absolute Gasteiger partial charge is 0.439 e. The third kappa shape index (κ3) is 3.99. The molecule has 5 nitrogen and oxygen atoms in total. The number of carbonyl (C=O) groups is 1. The first-order valence-electron chi connectivity index (χ1n) is 9.98. The summed E-state index contributed by atoms with van der Waals surface area (Å²) in [6.45, 7) is 5.15. The molecule has 2 atom stereocenters. The minimum atomic E-state index is -5.02. The molecule has 3 rings (SSSR count). The molecule has 1 aliphatic heterocycles. The van der Waals surface area contributed by atoms with Crippen LogP contribution in [0.2, 0.25) is 0 Å². The summed E-state index contributed by atoms with van der Waals surface area (Å²) < 4.78 is 47.3. The molecule has 1 aliphatic carbocycles. The highest BCUT2D eigenvalue weighted by atomic mass is 19.4. The van der Waals surface area contributed by atoms with Gasteiger partial charge in [0, 0.05) is 5.71 Å². The zero-order chi connectivity index (χ0) is 21.4. The number of carbonyl (C=O) groups excluding carboxylic acids is 1. The van der Waals surface area contributed by atoms with Gasteiger partial charge in [0.25, 0.3) is 11.6 Å². The quantitative estimate of drug-likeness (QED) is 0.791. The van der Waals surface area contributed by atoms with Crippen LogP contribution in [0.25, 0.3) is 0 Å². The van der Waals surface area contributed by atoms with Crippen LogP contribution in [0.4, 0.5) is 13.2 Å². The maximum atomic E-state index is 13.9. The van der Waals surface area contributed by atoms with Gasteiger partial charge in [0.15, 0.2) is 6.61 Å². The predicted octanol–water partition coefficient (Wildman–Crippen LogP) is 4.53. The Morgan fingerprint density at radius 3 is 2.72 bits per heavy atom. The molecule has 8 heteroatoms. The van der Waals surface area contributed by atoms with Gasteiger partial charge < -0.3 is 9.84 Å². The van der Waals surface area contributed by atoms with Crippen LogP contribution in [0, 0.1) is 12.8 Å². The zero-order valence-electron chi connectivity index (χ0n) is 16.9. The molecule has 1 fully saturated rings. The highest BCUT2D eigenvalue weighted by Gasteiger charge is 2.68. The van der Waals surface area contributed by atoms with E-state index in [2.05, 4.69) is 5.10 Å². The lowest BCUT2D eigenvalue weighted by atomic mass is 9.87. The molecule has 1 heterocycles. The predicted molar refractivity (Wildman–Crippen MR) is 103 cm³/mol. The second-order valence-corrected chi connectivity index (χ2v) is 8.16. The van der Waals surface area contributed by atoms with Crippen LogP contribution < -0.4 is 4.74 Å². The fourth-order valence-corrected chi connectivity index (χ4v) is 4.09. The van der Waals surface area contributed by atoms with Gasteiger partial charge in [0.1, 0.15) is 5.75 Å². The molecule has 2 aliphatic rings. The monoisotopic (exact) mass is 412 g/mol. The van der Waals surface area contributed by atoms with Crippen molar-refractivity contribution in [1.29, 1.82) is 0 Å². The Morgan fingerprint density at radius 2 is 2.07 bits per heavy atom. The van der Waals surface area contributed by atoms with Gasteiger partial charge in [-0.3, -0.25) is 4.79 Å². The first kappa shape index (κ1) is 21.6. The lowest BCUT2D eigenvalue weighted by Gasteiger charge is -2.37. The molecule has 0 saturated heterocycles. The summed E-state index contributed by atoms with van der Waals surface area (Å²) in [7, 11) is 0. The Bertz CT molecular complexity index is 807. The largest absolute Gasteiger partial charge is 0.483 e. The van der Waals surface area contributed by atoms with E-state index in [1.807, 2.05) is 32.9 Å². The second-order valence-electron chi connectivity index (χ2n) is 8.16.